The van der Waals surface area contributed by atoms with E-state index in [1.165, 1.54) is 0 Å². The molecule has 1 amide bonds. The Labute approximate surface area is 74.5 Å². The lowest BCUT2D eigenvalue weighted by Crippen LogP contribution is -2.59. The van der Waals surface area contributed by atoms with Crippen molar-refractivity contribution in [2.24, 2.45) is 11.1 Å². The van der Waals surface area contributed by atoms with Crippen molar-refractivity contribution in [3.63, 3.8) is 0 Å². The van der Waals surface area contributed by atoms with Crippen LogP contribution >= 0.6 is 0 Å². The molecule has 72 valence electrons. The van der Waals surface area contributed by atoms with Crippen molar-refractivity contribution in [3.05, 3.63) is 0 Å². The zero-order valence-electron chi connectivity index (χ0n) is 6.80. The highest BCUT2D eigenvalue weighted by Crippen LogP contribution is 2.29. The minimum atomic E-state index is -1.93. The third-order valence-electron chi connectivity index (χ3n) is 2.20. The molecular formula is C7H10N2O4. The Bertz CT molecular complexity index is 250. The first-order valence-electron chi connectivity index (χ1n) is 3.70. The van der Waals surface area contributed by atoms with E-state index >= 15 is 0 Å². The van der Waals surface area contributed by atoms with Crippen LogP contribution in [0.15, 0.2) is 0 Å². The Hall–Kier alpha value is -1.16. The van der Waals surface area contributed by atoms with Gasteiger partial charge in [0.25, 0.3) is 0 Å². The van der Waals surface area contributed by atoms with Gasteiger partial charge in [-0.1, -0.05) is 0 Å². The second-order valence-electron chi connectivity index (χ2n) is 2.91. The van der Waals surface area contributed by atoms with E-state index in [-0.39, 0.29) is 13.2 Å². The lowest BCUT2D eigenvalue weighted by atomic mass is 9.76. The third kappa shape index (κ3) is 1.27. The van der Waals surface area contributed by atoms with Crippen LogP contribution in [-0.2, 0) is 9.53 Å². The molecule has 0 radical (unpaired) electrons. The van der Waals surface area contributed by atoms with E-state index in [2.05, 4.69) is 0 Å². The lowest BCUT2D eigenvalue weighted by Gasteiger charge is -2.36. The number of amides is 1. The number of aliphatic hydroxyl groups excluding tert-OH is 2. The number of nitrogens with two attached hydrogens (primary N) is 1. The molecule has 2 atom stereocenters. The topological polar surface area (TPSA) is 117 Å². The second kappa shape index (κ2) is 3.30. The van der Waals surface area contributed by atoms with E-state index in [4.69, 9.17) is 15.7 Å². The molecule has 13 heavy (non-hydrogen) atoms. The SMILES string of the molecule is N#CC1(C(N)=O)C(O)COCC1O. The number of carbonyl (C=O) groups excluding carboxylic acids is 1. The van der Waals surface area contributed by atoms with Gasteiger partial charge in [-0.25, -0.2) is 0 Å². The van der Waals surface area contributed by atoms with Crippen molar-refractivity contribution in [2.75, 3.05) is 13.2 Å². The Morgan fingerprint density at radius 3 is 2.23 bits per heavy atom. The van der Waals surface area contributed by atoms with Crippen molar-refractivity contribution in [1.29, 1.82) is 5.26 Å². The summed E-state index contributed by atoms with van der Waals surface area (Å²) in [7, 11) is 0. The van der Waals surface area contributed by atoms with Crippen LogP contribution in [0.2, 0.25) is 0 Å². The van der Waals surface area contributed by atoms with E-state index in [9.17, 15) is 15.0 Å². The number of hydrogen-bond acceptors (Lipinski definition) is 5. The van der Waals surface area contributed by atoms with Gasteiger partial charge in [-0.15, -0.1) is 0 Å². The van der Waals surface area contributed by atoms with Gasteiger partial charge in [0.05, 0.1) is 19.3 Å². The number of hydrogen-bond donors (Lipinski definition) is 3. The average Bonchev–Trinajstić information content (AvgIpc) is 2.05. The summed E-state index contributed by atoms with van der Waals surface area (Å²) in [4.78, 5) is 11.0. The molecule has 1 saturated heterocycles. The van der Waals surface area contributed by atoms with Gasteiger partial charge < -0.3 is 20.7 Å². The highest BCUT2D eigenvalue weighted by atomic mass is 16.5. The molecular weight excluding hydrogens is 176 g/mol. The number of nitriles is 1. The molecule has 0 aromatic heterocycles. The zero-order valence-corrected chi connectivity index (χ0v) is 6.80. The number of rotatable bonds is 1. The first kappa shape index (κ1) is 9.92. The number of aliphatic hydroxyl groups is 2. The number of ether oxygens (including phenoxy) is 1. The molecule has 1 aliphatic rings. The van der Waals surface area contributed by atoms with Crippen LogP contribution in [0.1, 0.15) is 0 Å². The van der Waals surface area contributed by atoms with Crippen molar-refractivity contribution in [1.82, 2.24) is 0 Å². The van der Waals surface area contributed by atoms with E-state index in [1.807, 2.05) is 0 Å². The molecule has 0 spiro atoms. The quantitative estimate of drug-likeness (QED) is 0.427. The summed E-state index contributed by atoms with van der Waals surface area (Å²) < 4.78 is 4.74. The summed E-state index contributed by atoms with van der Waals surface area (Å²) in [5.74, 6) is -1.03. The maximum absolute atomic E-state index is 11.0. The van der Waals surface area contributed by atoms with Crippen molar-refractivity contribution in [2.45, 2.75) is 12.2 Å². The van der Waals surface area contributed by atoms with Gasteiger partial charge in [0.2, 0.25) is 5.91 Å². The summed E-state index contributed by atoms with van der Waals surface area (Å²) in [6.45, 7) is -0.346. The van der Waals surface area contributed by atoms with Crippen LogP contribution < -0.4 is 5.73 Å². The molecule has 1 heterocycles. The van der Waals surface area contributed by atoms with Crippen LogP contribution in [0.3, 0.4) is 0 Å². The highest BCUT2D eigenvalue weighted by Gasteiger charge is 2.53. The molecule has 6 heteroatoms. The van der Waals surface area contributed by atoms with E-state index in [0.717, 1.165) is 0 Å². The average molecular weight is 186 g/mol. The smallest absolute Gasteiger partial charge is 0.243 e. The Morgan fingerprint density at radius 2 is 2.00 bits per heavy atom. The molecule has 1 aliphatic heterocycles. The van der Waals surface area contributed by atoms with E-state index < -0.39 is 23.5 Å². The second-order valence-corrected chi connectivity index (χ2v) is 2.91. The van der Waals surface area contributed by atoms with E-state index in [1.54, 1.807) is 6.07 Å². The van der Waals surface area contributed by atoms with Gasteiger partial charge in [0, 0.05) is 0 Å². The lowest BCUT2D eigenvalue weighted by molar-refractivity contribution is -0.165. The van der Waals surface area contributed by atoms with Crippen LogP contribution in [0.5, 0.6) is 0 Å². The van der Waals surface area contributed by atoms with Gasteiger partial charge in [-0.05, 0) is 0 Å². The molecule has 1 rings (SSSR count). The largest absolute Gasteiger partial charge is 0.388 e. The first-order chi connectivity index (χ1) is 6.05. The first-order valence-corrected chi connectivity index (χ1v) is 3.70. The third-order valence-corrected chi connectivity index (χ3v) is 2.20. The summed E-state index contributed by atoms with van der Waals surface area (Å²) in [6, 6.07) is 1.56. The fourth-order valence-electron chi connectivity index (χ4n) is 1.31. The van der Waals surface area contributed by atoms with Gasteiger partial charge in [0.15, 0.2) is 5.41 Å². The number of carbonyl (C=O) groups is 1. The summed E-state index contributed by atoms with van der Waals surface area (Å²) in [5, 5.41) is 27.4. The zero-order chi connectivity index (χ0) is 10.1. The van der Waals surface area contributed by atoms with Crippen molar-refractivity contribution < 1.29 is 19.7 Å². The highest BCUT2D eigenvalue weighted by molar-refractivity contribution is 5.85. The molecule has 0 bridgehead atoms. The normalized spacial score (nSPS) is 39.5. The predicted octanol–water partition coefficient (Wildman–Crippen LogP) is -2.27. The van der Waals surface area contributed by atoms with Gasteiger partial charge in [-0.2, -0.15) is 5.26 Å². The fourth-order valence-corrected chi connectivity index (χ4v) is 1.31. The van der Waals surface area contributed by atoms with Crippen LogP contribution in [0.4, 0.5) is 0 Å². The van der Waals surface area contributed by atoms with Crippen LogP contribution in [0.25, 0.3) is 0 Å². The molecule has 4 N–H and O–H groups in total. The summed E-state index contributed by atoms with van der Waals surface area (Å²) in [5.41, 5.74) is 3.02. The molecule has 2 unspecified atom stereocenters. The molecule has 0 aliphatic carbocycles. The Kier molecular flexibility index (Phi) is 2.52. The maximum Gasteiger partial charge on any atom is 0.243 e. The van der Waals surface area contributed by atoms with Gasteiger partial charge in [0.1, 0.15) is 12.2 Å². The van der Waals surface area contributed by atoms with Gasteiger partial charge in [-0.3, -0.25) is 4.79 Å². The van der Waals surface area contributed by atoms with Crippen LogP contribution in [-0.4, -0.2) is 41.5 Å². The molecule has 6 nitrogen and oxygen atoms in total. The van der Waals surface area contributed by atoms with Crippen molar-refractivity contribution in [3.8, 4) is 6.07 Å². The molecule has 0 aromatic carbocycles. The Balaban J connectivity index is 3.05. The van der Waals surface area contributed by atoms with E-state index in [0.29, 0.717) is 0 Å². The van der Waals surface area contributed by atoms with Crippen molar-refractivity contribution >= 4 is 5.91 Å². The molecule has 1 fully saturated rings. The van der Waals surface area contributed by atoms with Crippen LogP contribution in [0, 0.1) is 16.7 Å². The molecule has 0 aromatic rings. The minimum Gasteiger partial charge on any atom is -0.388 e. The predicted molar refractivity (Wildman–Crippen MR) is 40.1 cm³/mol. The number of nitrogens with zero attached hydrogens (tertiary/aromatic N) is 1. The summed E-state index contributed by atoms with van der Waals surface area (Å²) in [6.07, 6.45) is -2.75. The fraction of sp³-hybridized carbons (Fsp3) is 0.714. The standard InChI is InChI=1S/C7H10N2O4/c8-3-7(6(9)12)4(10)1-13-2-5(7)11/h4-5,10-11H,1-2H2,(H2,9,12). The monoisotopic (exact) mass is 186 g/mol. The van der Waals surface area contributed by atoms with Gasteiger partial charge >= 0.3 is 0 Å². The minimum absolute atomic E-state index is 0.173. The molecule has 0 saturated carbocycles. The summed E-state index contributed by atoms with van der Waals surface area (Å²) >= 11 is 0. The maximum atomic E-state index is 11.0. The number of primary amides is 1. The Morgan fingerprint density at radius 1 is 1.54 bits per heavy atom.